The van der Waals surface area contributed by atoms with Gasteiger partial charge < -0.3 is 9.26 Å². The van der Waals surface area contributed by atoms with Gasteiger partial charge in [-0.15, -0.1) is 11.8 Å². The molecule has 1 aromatic heterocycles. The fourth-order valence-corrected chi connectivity index (χ4v) is 2.27. The number of thioether (sulfide) groups is 1. The third kappa shape index (κ3) is 4.02. The molecular formula is C11H15N3O2S. The van der Waals surface area contributed by atoms with Crippen LogP contribution in [0.2, 0.25) is 0 Å². The quantitative estimate of drug-likeness (QED) is 0.747. The molecule has 1 aliphatic rings. The molecule has 2 rings (SSSR count). The summed E-state index contributed by atoms with van der Waals surface area (Å²) < 4.78 is 10.7. The van der Waals surface area contributed by atoms with Crippen molar-refractivity contribution in [2.75, 3.05) is 12.4 Å². The van der Waals surface area contributed by atoms with Gasteiger partial charge in [-0.25, -0.2) is 0 Å². The smallest absolute Gasteiger partial charge is 0.236 e. The van der Waals surface area contributed by atoms with Gasteiger partial charge >= 0.3 is 0 Å². The molecule has 0 aliphatic carbocycles. The van der Waals surface area contributed by atoms with Crippen molar-refractivity contribution in [1.29, 1.82) is 5.26 Å². The highest BCUT2D eigenvalue weighted by Gasteiger charge is 2.17. The zero-order chi connectivity index (χ0) is 11.9. The van der Waals surface area contributed by atoms with Crippen molar-refractivity contribution in [3.8, 4) is 6.07 Å². The van der Waals surface area contributed by atoms with Crippen molar-refractivity contribution in [1.82, 2.24) is 10.1 Å². The van der Waals surface area contributed by atoms with Crippen LogP contribution in [0.4, 0.5) is 0 Å². The number of hydrogen-bond acceptors (Lipinski definition) is 6. The molecule has 0 radical (unpaired) electrons. The first-order valence-corrected chi connectivity index (χ1v) is 6.91. The summed E-state index contributed by atoms with van der Waals surface area (Å²) in [5, 5.41) is 12.3. The number of ether oxygens (including phenoxy) is 1. The summed E-state index contributed by atoms with van der Waals surface area (Å²) in [6, 6.07) is 2.06. The van der Waals surface area contributed by atoms with E-state index in [1.807, 2.05) is 0 Å². The van der Waals surface area contributed by atoms with Crippen LogP contribution in [0.25, 0.3) is 0 Å². The van der Waals surface area contributed by atoms with Gasteiger partial charge in [0.25, 0.3) is 0 Å². The lowest BCUT2D eigenvalue weighted by molar-refractivity contribution is 0.0153. The van der Waals surface area contributed by atoms with E-state index in [-0.39, 0.29) is 6.10 Å². The molecule has 6 heteroatoms. The van der Waals surface area contributed by atoms with Crippen LogP contribution in [-0.2, 0) is 16.9 Å². The van der Waals surface area contributed by atoms with Crippen molar-refractivity contribution in [3.63, 3.8) is 0 Å². The van der Waals surface area contributed by atoms with Crippen LogP contribution in [0.3, 0.4) is 0 Å². The average Bonchev–Trinajstić information content (AvgIpc) is 2.79. The Morgan fingerprint density at radius 1 is 1.47 bits per heavy atom. The Hall–Kier alpha value is -1.06. The second-order valence-corrected chi connectivity index (χ2v) is 4.93. The van der Waals surface area contributed by atoms with Gasteiger partial charge in [0.15, 0.2) is 5.82 Å². The molecule has 92 valence electrons. The molecule has 0 saturated carbocycles. The van der Waals surface area contributed by atoms with Crippen molar-refractivity contribution >= 4 is 11.8 Å². The van der Waals surface area contributed by atoms with Gasteiger partial charge in [0.05, 0.1) is 23.7 Å². The maximum Gasteiger partial charge on any atom is 0.236 e. The summed E-state index contributed by atoms with van der Waals surface area (Å²) in [6.07, 6.45) is 4.41. The van der Waals surface area contributed by atoms with Crippen LogP contribution >= 0.6 is 11.8 Å². The first-order valence-electron chi connectivity index (χ1n) is 5.76. The predicted molar refractivity (Wildman–Crippen MR) is 63.4 cm³/mol. The predicted octanol–water partition coefficient (Wildman–Crippen LogP) is 1.94. The van der Waals surface area contributed by atoms with Crippen LogP contribution < -0.4 is 0 Å². The summed E-state index contributed by atoms with van der Waals surface area (Å²) in [6.45, 7) is 0.841. The van der Waals surface area contributed by atoms with Gasteiger partial charge in [-0.2, -0.15) is 10.2 Å². The highest BCUT2D eigenvalue weighted by Crippen LogP contribution is 2.17. The number of nitriles is 1. The summed E-state index contributed by atoms with van der Waals surface area (Å²) in [7, 11) is 0. The van der Waals surface area contributed by atoms with Gasteiger partial charge in [-0.3, -0.25) is 0 Å². The van der Waals surface area contributed by atoms with Crippen molar-refractivity contribution in [2.45, 2.75) is 37.5 Å². The zero-order valence-electron chi connectivity index (χ0n) is 9.59. The van der Waals surface area contributed by atoms with Crippen LogP contribution in [0, 0.1) is 11.3 Å². The molecule has 1 saturated heterocycles. The molecule has 17 heavy (non-hydrogen) atoms. The van der Waals surface area contributed by atoms with E-state index in [1.54, 1.807) is 0 Å². The lowest BCUT2D eigenvalue weighted by Gasteiger charge is -2.20. The maximum absolute atomic E-state index is 8.41. The Morgan fingerprint density at radius 2 is 2.41 bits per heavy atom. The number of aromatic nitrogens is 2. The van der Waals surface area contributed by atoms with Crippen LogP contribution in [0.1, 0.15) is 31.0 Å². The van der Waals surface area contributed by atoms with E-state index >= 15 is 0 Å². The molecule has 0 aromatic carbocycles. The molecule has 0 N–H and O–H groups in total. The lowest BCUT2D eigenvalue weighted by atomic mass is 10.1. The molecule has 5 nitrogen and oxygen atoms in total. The summed E-state index contributed by atoms with van der Waals surface area (Å²) in [5.74, 6) is 2.36. The van der Waals surface area contributed by atoms with E-state index in [2.05, 4.69) is 16.2 Å². The van der Waals surface area contributed by atoms with Crippen LogP contribution in [0.15, 0.2) is 4.52 Å². The molecular weight excluding hydrogens is 238 g/mol. The second kappa shape index (κ2) is 6.62. The Balaban J connectivity index is 1.79. The van der Waals surface area contributed by atoms with E-state index in [9.17, 15) is 0 Å². The normalized spacial score (nSPS) is 20.1. The minimum absolute atomic E-state index is 0.237. The largest absolute Gasteiger partial charge is 0.378 e. The van der Waals surface area contributed by atoms with E-state index in [0.29, 0.717) is 23.2 Å². The molecule has 0 spiro atoms. The third-order valence-electron chi connectivity index (χ3n) is 2.59. The minimum Gasteiger partial charge on any atom is -0.378 e. The first kappa shape index (κ1) is 12.4. The van der Waals surface area contributed by atoms with Gasteiger partial charge in [0.1, 0.15) is 0 Å². The maximum atomic E-state index is 8.41. The zero-order valence-corrected chi connectivity index (χ0v) is 10.4. The molecule has 1 aromatic rings. The molecule has 0 amide bonds. The van der Waals surface area contributed by atoms with Crippen LogP contribution in [0.5, 0.6) is 0 Å². The Bertz CT molecular complexity index is 382. The van der Waals surface area contributed by atoms with Gasteiger partial charge in [-0.05, 0) is 19.3 Å². The van der Waals surface area contributed by atoms with Crippen molar-refractivity contribution in [2.24, 2.45) is 0 Å². The Labute approximate surface area is 105 Å². The van der Waals surface area contributed by atoms with E-state index in [0.717, 1.165) is 25.9 Å². The fraction of sp³-hybridized carbons (Fsp3) is 0.727. The molecule has 1 aliphatic heterocycles. The molecule has 1 fully saturated rings. The number of rotatable bonds is 5. The first-order chi connectivity index (χ1) is 8.38. The molecule has 1 atom stereocenters. The standard InChI is InChI=1S/C11H15N3O2S/c12-4-6-17-8-11-13-10(14-16-11)7-9-3-1-2-5-15-9/h9H,1-3,5-8H2. The molecule has 1 unspecified atom stereocenters. The Kier molecular flexibility index (Phi) is 4.83. The molecule has 2 heterocycles. The fourth-order valence-electron chi connectivity index (χ4n) is 1.79. The van der Waals surface area contributed by atoms with E-state index in [1.165, 1.54) is 18.2 Å². The number of nitrogens with zero attached hydrogens (tertiary/aromatic N) is 3. The molecule has 0 bridgehead atoms. The minimum atomic E-state index is 0.237. The highest BCUT2D eigenvalue weighted by atomic mass is 32.2. The van der Waals surface area contributed by atoms with Gasteiger partial charge in [0.2, 0.25) is 5.89 Å². The Morgan fingerprint density at radius 3 is 3.18 bits per heavy atom. The lowest BCUT2D eigenvalue weighted by Crippen LogP contribution is -2.21. The van der Waals surface area contributed by atoms with Crippen molar-refractivity contribution < 1.29 is 9.26 Å². The van der Waals surface area contributed by atoms with Gasteiger partial charge in [0, 0.05) is 13.0 Å². The van der Waals surface area contributed by atoms with Crippen LogP contribution in [-0.4, -0.2) is 28.6 Å². The van der Waals surface area contributed by atoms with Gasteiger partial charge in [-0.1, -0.05) is 5.16 Å². The second-order valence-electron chi connectivity index (χ2n) is 3.95. The number of hydrogen-bond donors (Lipinski definition) is 0. The van der Waals surface area contributed by atoms with Crippen molar-refractivity contribution in [3.05, 3.63) is 11.7 Å². The summed E-state index contributed by atoms with van der Waals surface area (Å²) in [4.78, 5) is 4.29. The highest BCUT2D eigenvalue weighted by molar-refractivity contribution is 7.98. The summed E-state index contributed by atoms with van der Waals surface area (Å²) in [5.41, 5.74) is 0. The SMILES string of the molecule is N#CCSCc1nc(CC2CCCCO2)no1. The third-order valence-corrected chi connectivity index (χ3v) is 3.37. The average molecular weight is 253 g/mol. The summed E-state index contributed by atoms with van der Waals surface area (Å²) >= 11 is 1.48. The van der Waals surface area contributed by atoms with E-state index in [4.69, 9.17) is 14.5 Å². The van der Waals surface area contributed by atoms with E-state index < -0.39 is 0 Å². The topological polar surface area (TPSA) is 71.9 Å². The monoisotopic (exact) mass is 253 g/mol.